The first kappa shape index (κ1) is 12.0. The van der Waals surface area contributed by atoms with Crippen LogP contribution in [0.4, 0.5) is 14.5 Å². The van der Waals surface area contributed by atoms with Crippen molar-refractivity contribution in [2.45, 2.75) is 6.43 Å². The molecule has 16 heavy (non-hydrogen) atoms. The number of ether oxygens (including phenoxy) is 1. The summed E-state index contributed by atoms with van der Waals surface area (Å²) in [7, 11) is 0.975. The molecule has 0 atom stereocenters. The van der Waals surface area contributed by atoms with E-state index < -0.39 is 34.4 Å². The highest BCUT2D eigenvalue weighted by Gasteiger charge is 2.25. The van der Waals surface area contributed by atoms with Gasteiger partial charge < -0.3 is 4.74 Å². The lowest BCUT2D eigenvalue weighted by atomic mass is 10.2. The Morgan fingerprint density at radius 2 is 2.19 bits per heavy atom. The van der Waals surface area contributed by atoms with Crippen molar-refractivity contribution in [2.24, 2.45) is 0 Å². The lowest BCUT2D eigenvalue weighted by molar-refractivity contribution is -0.385. The average molecular weight is 232 g/mol. The quantitative estimate of drug-likeness (QED) is 0.450. The molecular formula is C8H6F2N2O4. The number of hydrogen-bond donors (Lipinski definition) is 0. The minimum absolute atomic E-state index is 0.670. The average Bonchev–Trinajstić information content (AvgIpc) is 2.26. The number of alkyl halides is 2. The summed E-state index contributed by atoms with van der Waals surface area (Å²) in [6.45, 7) is 0. The van der Waals surface area contributed by atoms with Crippen LogP contribution in [0.25, 0.3) is 0 Å². The number of nitro groups is 1. The summed E-state index contributed by atoms with van der Waals surface area (Å²) in [5.74, 6) is -1.13. The van der Waals surface area contributed by atoms with Gasteiger partial charge in [-0.3, -0.25) is 10.1 Å². The van der Waals surface area contributed by atoms with Gasteiger partial charge in [-0.1, -0.05) is 0 Å². The van der Waals surface area contributed by atoms with Gasteiger partial charge in [-0.25, -0.2) is 18.6 Å². The molecule has 1 heterocycles. The summed E-state index contributed by atoms with van der Waals surface area (Å²) in [5, 5.41) is 10.5. The predicted molar refractivity (Wildman–Crippen MR) is 47.2 cm³/mol. The molecule has 0 aliphatic carbocycles. The van der Waals surface area contributed by atoms with E-state index in [2.05, 4.69) is 9.72 Å². The van der Waals surface area contributed by atoms with Crippen molar-refractivity contribution in [3.63, 3.8) is 0 Å². The molecule has 0 aliphatic rings. The van der Waals surface area contributed by atoms with Crippen LogP contribution in [0.5, 0.6) is 0 Å². The number of pyridine rings is 1. The monoisotopic (exact) mass is 232 g/mol. The maximum atomic E-state index is 12.3. The van der Waals surface area contributed by atoms with E-state index in [0.717, 1.165) is 19.2 Å². The molecule has 8 heteroatoms. The number of halogens is 2. The summed E-state index contributed by atoms with van der Waals surface area (Å²) >= 11 is 0. The maximum absolute atomic E-state index is 12.3. The van der Waals surface area contributed by atoms with Crippen molar-refractivity contribution in [1.82, 2.24) is 4.98 Å². The smallest absolute Gasteiger partial charge is 0.363 e. The van der Waals surface area contributed by atoms with E-state index >= 15 is 0 Å². The molecule has 0 saturated heterocycles. The second kappa shape index (κ2) is 4.60. The molecule has 0 aromatic carbocycles. The third kappa shape index (κ3) is 2.27. The largest absolute Gasteiger partial charge is 0.464 e. The minimum atomic E-state index is -2.91. The molecule has 86 valence electrons. The third-order valence-corrected chi connectivity index (χ3v) is 1.69. The molecule has 0 aliphatic heterocycles. The van der Waals surface area contributed by atoms with Gasteiger partial charge in [0.1, 0.15) is 5.69 Å². The molecule has 1 aromatic rings. The highest BCUT2D eigenvalue weighted by molar-refractivity contribution is 5.91. The number of rotatable bonds is 3. The first-order valence-corrected chi connectivity index (χ1v) is 3.99. The molecule has 0 saturated carbocycles. The number of hydrogen-bond acceptors (Lipinski definition) is 5. The summed E-state index contributed by atoms with van der Waals surface area (Å²) in [6.07, 6.45) is -2.91. The molecule has 1 rings (SSSR count). The zero-order valence-electron chi connectivity index (χ0n) is 8.02. The Balaban J connectivity index is 3.32. The van der Waals surface area contributed by atoms with E-state index in [1.807, 2.05) is 0 Å². The zero-order chi connectivity index (χ0) is 12.3. The summed E-state index contributed by atoms with van der Waals surface area (Å²) in [5.41, 5.74) is -2.12. The molecule has 0 bridgehead atoms. The van der Waals surface area contributed by atoms with Gasteiger partial charge >= 0.3 is 11.7 Å². The molecule has 6 nitrogen and oxygen atoms in total. The fraction of sp³-hybridized carbons (Fsp3) is 0.250. The lowest BCUT2D eigenvalue weighted by Gasteiger charge is -2.03. The van der Waals surface area contributed by atoms with Gasteiger partial charge in [0.15, 0.2) is 0 Å². The fourth-order valence-electron chi connectivity index (χ4n) is 0.983. The van der Waals surface area contributed by atoms with E-state index in [9.17, 15) is 23.7 Å². The number of aromatic nitrogens is 1. The van der Waals surface area contributed by atoms with E-state index in [1.165, 1.54) is 0 Å². The Kier molecular flexibility index (Phi) is 3.44. The minimum Gasteiger partial charge on any atom is -0.464 e. The van der Waals surface area contributed by atoms with Crippen molar-refractivity contribution >= 4 is 11.7 Å². The number of esters is 1. The first-order valence-electron chi connectivity index (χ1n) is 3.99. The highest BCUT2D eigenvalue weighted by atomic mass is 19.3. The van der Waals surface area contributed by atoms with Gasteiger partial charge in [0.2, 0.25) is 5.69 Å². The maximum Gasteiger partial charge on any atom is 0.363 e. The van der Waals surface area contributed by atoms with Crippen LogP contribution in [0.2, 0.25) is 0 Å². The number of nitrogens with zero attached hydrogens (tertiary/aromatic N) is 2. The van der Waals surface area contributed by atoms with E-state index in [-0.39, 0.29) is 0 Å². The van der Waals surface area contributed by atoms with Crippen LogP contribution < -0.4 is 0 Å². The standard InChI is InChI=1S/C8H6F2N2O4/c1-16-8(13)6-5(12(14)15)3-2-4(11-6)7(9)10/h2-3,7H,1H3. The van der Waals surface area contributed by atoms with Crippen LogP contribution in [0.15, 0.2) is 12.1 Å². The van der Waals surface area contributed by atoms with Crippen molar-refractivity contribution < 1.29 is 23.2 Å². The Hall–Kier alpha value is -2.12. The van der Waals surface area contributed by atoms with Gasteiger partial charge in [-0.2, -0.15) is 0 Å². The Bertz CT molecular complexity index is 436. The predicted octanol–water partition coefficient (Wildman–Crippen LogP) is 1.71. The van der Waals surface area contributed by atoms with Crippen molar-refractivity contribution in [2.75, 3.05) is 7.11 Å². The van der Waals surface area contributed by atoms with E-state index in [1.54, 1.807) is 0 Å². The second-order valence-corrected chi connectivity index (χ2v) is 2.65. The Labute approximate surface area is 88.0 Å². The summed E-state index contributed by atoms with van der Waals surface area (Å²) in [4.78, 5) is 23.9. The Morgan fingerprint density at radius 3 is 2.62 bits per heavy atom. The molecule has 0 amide bonds. The SMILES string of the molecule is COC(=O)c1nc(C(F)F)ccc1[N+](=O)[O-]. The van der Waals surface area contributed by atoms with Crippen molar-refractivity contribution in [3.05, 3.63) is 33.6 Å². The van der Waals surface area contributed by atoms with Gasteiger partial charge in [0.25, 0.3) is 6.43 Å². The first-order chi connectivity index (χ1) is 7.47. The topological polar surface area (TPSA) is 82.3 Å². The summed E-state index contributed by atoms with van der Waals surface area (Å²) in [6, 6.07) is 1.58. The van der Waals surface area contributed by atoms with Gasteiger partial charge in [-0.15, -0.1) is 0 Å². The van der Waals surface area contributed by atoms with Crippen molar-refractivity contribution in [3.8, 4) is 0 Å². The number of carbonyl (C=O) groups is 1. The molecule has 0 radical (unpaired) electrons. The lowest BCUT2D eigenvalue weighted by Crippen LogP contribution is -2.10. The van der Waals surface area contributed by atoms with Crippen molar-refractivity contribution in [1.29, 1.82) is 0 Å². The molecule has 0 N–H and O–H groups in total. The highest BCUT2D eigenvalue weighted by Crippen LogP contribution is 2.23. The molecular weight excluding hydrogens is 226 g/mol. The molecule has 0 spiro atoms. The van der Waals surface area contributed by atoms with Crippen LogP contribution in [0.3, 0.4) is 0 Å². The van der Waals surface area contributed by atoms with Crippen LogP contribution in [-0.2, 0) is 4.74 Å². The van der Waals surface area contributed by atoms with Crippen LogP contribution in [0, 0.1) is 10.1 Å². The third-order valence-electron chi connectivity index (χ3n) is 1.69. The number of carbonyl (C=O) groups excluding carboxylic acids is 1. The number of methoxy groups -OCH3 is 1. The van der Waals surface area contributed by atoms with Crippen LogP contribution in [0.1, 0.15) is 22.6 Å². The van der Waals surface area contributed by atoms with Gasteiger partial charge in [0.05, 0.1) is 12.0 Å². The van der Waals surface area contributed by atoms with Crippen LogP contribution in [-0.4, -0.2) is 23.0 Å². The second-order valence-electron chi connectivity index (χ2n) is 2.65. The molecule has 0 fully saturated rings. The molecule has 1 aromatic heterocycles. The Morgan fingerprint density at radius 1 is 1.56 bits per heavy atom. The fourth-order valence-corrected chi connectivity index (χ4v) is 0.983. The summed E-state index contributed by atoms with van der Waals surface area (Å²) < 4.78 is 28.7. The zero-order valence-corrected chi connectivity index (χ0v) is 8.02. The van der Waals surface area contributed by atoms with E-state index in [4.69, 9.17) is 0 Å². The van der Waals surface area contributed by atoms with Gasteiger partial charge in [0, 0.05) is 6.07 Å². The molecule has 0 unspecified atom stereocenters. The normalized spacial score (nSPS) is 10.2. The van der Waals surface area contributed by atoms with E-state index in [0.29, 0.717) is 0 Å². The van der Waals surface area contributed by atoms with Crippen LogP contribution >= 0.6 is 0 Å². The van der Waals surface area contributed by atoms with Gasteiger partial charge in [-0.05, 0) is 6.07 Å².